The van der Waals surface area contributed by atoms with E-state index in [1.807, 2.05) is 42.5 Å². The standard InChI is InChI=1S/C22H15BrN2O4/c23-16-7-10-21(29-13-14-5-8-17(9-6-14)25(27)28)15(11-16)12-19-18-3-1-2-4-20(18)24-22(19)26/h1-12H,13H2,(H,24,26)/b19-12-. The molecule has 7 heteroatoms. The van der Waals surface area contributed by atoms with Gasteiger partial charge in [-0.2, -0.15) is 0 Å². The second-order valence-corrected chi connectivity index (χ2v) is 7.37. The van der Waals surface area contributed by atoms with Crippen molar-refractivity contribution in [2.75, 3.05) is 5.32 Å². The van der Waals surface area contributed by atoms with Crippen LogP contribution in [-0.2, 0) is 11.4 Å². The molecule has 0 spiro atoms. The number of amides is 1. The third kappa shape index (κ3) is 4.05. The van der Waals surface area contributed by atoms with Gasteiger partial charge in [0.25, 0.3) is 11.6 Å². The third-order valence-corrected chi connectivity index (χ3v) is 5.02. The van der Waals surface area contributed by atoms with Crippen molar-refractivity contribution >= 4 is 44.9 Å². The van der Waals surface area contributed by atoms with Gasteiger partial charge < -0.3 is 10.1 Å². The van der Waals surface area contributed by atoms with E-state index in [2.05, 4.69) is 21.2 Å². The number of nitrogens with zero attached hydrogens (tertiary/aromatic N) is 1. The summed E-state index contributed by atoms with van der Waals surface area (Å²) in [5.74, 6) is 0.448. The maximum Gasteiger partial charge on any atom is 0.269 e. The number of para-hydroxylation sites is 1. The van der Waals surface area contributed by atoms with Crippen molar-refractivity contribution in [2.24, 2.45) is 0 Å². The number of anilines is 1. The normalized spacial score (nSPS) is 13.8. The zero-order valence-corrected chi connectivity index (χ0v) is 16.7. The van der Waals surface area contributed by atoms with Gasteiger partial charge in [-0.05, 0) is 48.0 Å². The Kier molecular flexibility index (Phi) is 5.14. The predicted octanol–water partition coefficient (Wildman–Crippen LogP) is 5.43. The minimum absolute atomic E-state index is 0.0359. The summed E-state index contributed by atoms with van der Waals surface area (Å²) in [5.41, 5.74) is 3.79. The van der Waals surface area contributed by atoms with Gasteiger partial charge in [0.1, 0.15) is 12.4 Å². The van der Waals surface area contributed by atoms with Gasteiger partial charge in [0.2, 0.25) is 0 Å². The van der Waals surface area contributed by atoms with E-state index < -0.39 is 4.92 Å². The maximum atomic E-state index is 12.4. The monoisotopic (exact) mass is 450 g/mol. The van der Waals surface area contributed by atoms with Crippen molar-refractivity contribution in [2.45, 2.75) is 6.61 Å². The molecule has 144 valence electrons. The van der Waals surface area contributed by atoms with Crippen LogP contribution in [0.5, 0.6) is 5.75 Å². The number of rotatable bonds is 5. The van der Waals surface area contributed by atoms with Crippen LogP contribution in [0.25, 0.3) is 11.6 Å². The Bertz CT molecular complexity index is 1140. The van der Waals surface area contributed by atoms with E-state index >= 15 is 0 Å². The molecule has 0 aromatic heterocycles. The van der Waals surface area contributed by atoms with E-state index in [1.165, 1.54) is 12.1 Å². The average Bonchev–Trinajstić information content (AvgIpc) is 3.03. The lowest BCUT2D eigenvalue weighted by atomic mass is 10.0. The van der Waals surface area contributed by atoms with Crippen LogP contribution >= 0.6 is 15.9 Å². The predicted molar refractivity (Wildman–Crippen MR) is 115 cm³/mol. The lowest BCUT2D eigenvalue weighted by Gasteiger charge is -2.11. The summed E-state index contributed by atoms with van der Waals surface area (Å²) in [6.45, 7) is 0.249. The molecule has 1 aliphatic rings. The molecule has 1 heterocycles. The number of non-ortho nitro benzene ring substituents is 1. The van der Waals surface area contributed by atoms with Crippen LogP contribution in [-0.4, -0.2) is 10.8 Å². The van der Waals surface area contributed by atoms with Crippen LogP contribution in [0.4, 0.5) is 11.4 Å². The Balaban J connectivity index is 1.61. The Labute approximate surface area is 175 Å². The molecule has 1 aliphatic heterocycles. The summed E-state index contributed by atoms with van der Waals surface area (Å²) < 4.78 is 6.81. The van der Waals surface area contributed by atoms with Crippen LogP contribution in [0.15, 0.2) is 71.2 Å². The molecule has 1 N–H and O–H groups in total. The molecular weight excluding hydrogens is 436 g/mol. The highest BCUT2D eigenvalue weighted by atomic mass is 79.9. The molecule has 1 amide bonds. The van der Waals surface area contributed by atoms with E-state index in [0.29, 0.717) is 11.3 Å². The fourth-order valence-electron chi connectivity index (χ4n) is 3.08. The number of hydrogen-bond donors (Lipinski definition) is 1. The van der Waals surface area contributed by atoms with Gasteiger partial charge >= 0.3 is 0 Å². The zero-order chi connectivity index (χ0) is 20.4. The Hall–Kier alpha value is -3.45. The molecule has 0 saturated carbocycles. The van der Waals surface area contributed by atoms with E-state index in [4.69, 9.17) is 4.74 Å². The van der Waals surface area contributed by atoms with Crippen molar-refractivity contribution < 1.29 is 14.5 Å². The van der Waals surface area contributed by atoms with Crippen LogP contribution < -0.4 is 10.1 Å². The van der Waals surface area contributed by atoms with Crippen LogP contribution in [0.2, 0.25) is 0 Å². The van der Waals surface area contributed by atoms with Gasteiger partial charge in [-0.3, -0.25) is 14.9 Å². The molecule has 0 bridgehead atoms. The highest BCUT2D eigenvalue weighted by Gasteiger charge is 2.23. The quantitative estimate of drug-likeness (QED) is 0.319. The van der Waals surface area contributed by atoms with Crippen molar-refractivity contribution in [1.29, 1.82) is 0 Å². The van der Waals surface area contributed by atoms with Crippen molar-refractivity contribution in [1.82, 2.24) is 0 Å². The zero-order valence-electron chi connectivity index (χ0n) is 15.1. The number of carbonyl (C=O) groups excluding carboxylic acids is 1. The molecule has 6 nitrogen and oxygen atoms in total. The minimum Gasteiger partial charge on any atom is -0.488 e. The first kappa shape index (κ1) is 18.9. The first-order valence-corrected chi connectivity index (χ1v) is 9.59. The third-order valence-electron chi connectivity index (χ3n) is 4.52. The molecular formula is C22H15BrN2O4. The molecule has 29 heavy (non-hydrogen) atoms. The van der Waals surface area contributed by atoms with E-state index in [0.717, 1.165) is 26.9 Å². The SMILES string of the molecule is O=C1Nc2ccccc2/C1=C/c1cc(Br)ccc1OCc1ccc([N+](=O)[O-])cc1. The molecule has 0 saturated heterocycles. The maximum absolute atomic E-state index is 12.4. The number of hydrogen-bond acceptors (Lipinski definition) is 4. The lowest BCUT2D eigenvalue weighted by molar-refractivity contribution is -0.384. The van der Waals surface area contributed by atoms with Gasteiger partial charge in [0.05, 0.1) is 4.92 Å². The van der Waals surface area contributed by atoms with Crippen molar-refractivity contribution in [3.8, 4) is 5.75 Å². The molecule has 0 fully saturated rings. The number of benzene rings is 3. The van der Waals surface area contributed by atoms with E-state index in [1.54, 1.807) is 18.2 Å². The largest absolute Gasteiger partial charge is 0.488 e. The second kappa shape index (κ2) is 7.89. The summed E-state index contributed by atoms with van der Waals surface area (Å²) in [6.07, 6.45) is 1.80. The van der Waals surface area contributed by atoms with Gasteiger partial charge in [-0.1, -0.05) is 34.1 Å². The molecule has 0 unspecified atom stereocenters. The number of ether oxygens (including phenoxy) is 1. The molecule has 4 rings (SSSR count). The summed E-state index contributed by atoms with van der Waals surface area (Å²) >= 11 is 3.46. The second-order valence-electron chi connectivity index (χ2n) is 6.45. The number of nitro benzene ring substituents is 1. The van der Waals surface area contributed by atoms with Crippen LogP contribution in [0, 0.1) is 10.1 Å². The highest BCUT2D eigenvalue weighted by Crippen LogP contribution is 2.35. The summed E-state index contributed by atoms with van der Waals surface area (Å²) in [5, 5.41) is 13.6. The number of nitrogens with one attached hydrogen (secondary N) is 1. The van der Waals surface area contributed by atoms with E-state index in [9.17, 15) is 14.9 Å². The number of nitro groups is 1. The van der Waals surface area contributed by atoms with E-state index in [-0.39, 0.29) is 18.2 Å². The van der Waals surface area contributed by atoms with Crippen molar-refractivity contribution in [3.63, 3.8) is 0 Å². The molecule has 0 atom stereocenters. The van der Waals surface area contributed by atoms with Crippen LogP contribution in [0.3, 0.4) is 0 Å². The fourth-order valence-corrected chi connectivity index (χ4v) is 3.46. The lowest BCUT2D eigenvalue weighted by Crippen LogP contribution is -2.04. The summed E-state index contributed by atoms with van der Waals surface area (Å²) in [7, 11) is 0. The number of fused-ring (bicyclic) bond motifs is 1. The van der Waals surface area contributed by atoms with Crippen LogP contribution in [0.1, 0.15) is 16.7 Å². The topological polar surface area (TPSA) is 81.5 Å². The Morgan fingerprint density at radius 2 is 1.83 bits per heavy atom. The fraction of sp³-hybridized carbons (Fsp3) is 0.0455. The molecule has 0 aliphatic carbocycles. The Morgan fingerprint density at radius 1 is 1.07 bits per heavy atom. The van der Waals surface area contributed by atoms with Gasteiger partial charge in [-0.25, -0.2) is 0 Å². The summed E-state index contributed by atoms with van der Waals surface area (Å²) in [4.78, 5) is 22.8. The first-order chi connectivity index (χ1) is 14.0. The minimum atomic E-state index is -0.436. The van der Waals surface area contributed by atoms with Gasteiger partial charge in [0, 0.05) is 39.0 Å². The van der Waals surface area contributed by atoms with Crippen molar-refractivity contribution in [3.05, 3.63) is 98.0 Å². The molecule has 0 radical (unpaired) electrons. The van der Waals surface area contributed by atoms with Gasteiger partial charge in [0.15, 0.2) is 0 Å². The molecule has 3 aromatic carbocycles. The average molecular weight is 451 g/mol. The number of carbonyl (C=O) groups is 1. The highest BCUT2D eigenvalue weighted by molar-refractivity contribution is 9.10. The number of halogens is 1. The van der Waals surface area contributed by atoms with Gasteiger partial charge in [-0.15, -0.1) is 0 Å². The first-order valence-electron chi connectivity index (χ1n) is 8.79. The summed E-state index contributed by atoms with van der Waals surface area (Å²) in [6, 6.07) is 19.3. The smallest absolute Gasteiger partial charge is 0.269 e. The Morgan fingerprint density at radius 3 is 2.59 bits per heavy atom. The molecule has 3 aromatic rings.